The number of hydrogen-bond acceptors (Lipinski definition) is 2. The molecular weight excluding hydrogens is 197 g/mol. The van der Waals surface area contributed by atoms with Crippen LogP contribution in [0, 0.1) is 0 Å². The van der Waals surface area contributed by atoms with Crippen LogP contribution in [-0.4, -0.2) is 58.2 Å². The van der Waals surface area contributed by atoms with Gasteiger partial charge < -0.3 is 0 Å². The predicted octanol–water partition coefficient (Wildman–Crippen LogP) is -1.53. The summed E-state index contributed by atoms with van der Waals surface area (Å²) in [6.45, 7) is 0. The molecule has 0 spiro atoms. The summed E-state index contributed by atoms with van der Waals surface area (Å²) in [6.07, 6.45) is 0. The summed E-state index contributed by atoms with van der Waals surface area (Å²) in [5.41, 5.74) is 0. The van der Waals surface area contributed by atoms with Crippen LogP contribution < -0.4 is 0 Å². The minimum atomic E-state index is -1.42. The van der Waals surface area contributed by atoms with Gasteiger partial charge in [0.15, 0.2) is 0 Å². The Morgan fingerprint density at radius 3 is 1.25 bits per heavy atom. The fourth-order valence-corrected chi connectivity index (χ4v) is 0. The molecule has 0 aliphatic heterocycles. The average Bonchev–Trinajstić information content (AvgIpc) is 0.918. The van der Waals surface area contributed by atoms with Crippen molar-refractivity contribution in [1.29, 1.82) is 0 Å². The second-order valence-electron chi connectivity index (χ2n) is 0.0833. The molecule has 0 amide bonds. The Balaban J connectivity index is 0. The van der Waals surface area contributed by atoms with Gasteiger partial charge >= 0.3 is 58.2 Å². The van der Waals surface area contributed by atoms with Crippen molar-refractivity contribution in [3.63, 3.8) is 0 Å². The maximum atomic E-state index is 8.40. The molecule has 4 heavy (non-hydrogen) atoms. The number of rotatable bonds is 0. The molecule has 0 aromatic carbocycles. The monoisotopic (exact) mass is 200 g/mol. The van der Waals surface area contributed by atoms with Crippen LogP contribution in [0.3, 0.4) is 0 Å². The van der Waals surface area contributed by atoms with Gasteiger partial charge in [0.05, 0.1) is 0 Å². The van der Waals surface area contributed by atoms with E-state index in [9.17, 15) is 0 Å². The summed E-state index contributed by atoms with van der Waals surface area (Å²) in [6, 6.07) is 0. The van der Waals surface area contributed by atoms with Crippen molar-refractivity contribution in [1.82, 2.24) is 0 Å². The van der Waals surface area contributed by atoms with E-state index in [2.05, 4.69) is 0 Å². The van der Waals surface area contributed by atoms with Crippen LogP contribution >= 0.6 is 0 Å². The number of hydrogen-bond donors (Lipinski definition) is 0. The van der Waals surface area contributed by atoms with E-state index in [1.54, 1.807) is 0 Å². The summed E-state index contributed by atoms with van der Waals surface area (Å²) in [5, 5.41) is 0. The standard InChI is InChI=1S/Ba.O2Si.2H/c;1-3-2;;. The fourth-order valence-electron chi connectivity index (χ4n) is 0. The first-order chi connectivity index (χ1) is 1.41. The predicted molar refractivity (Wildman–Crippen MR) is 15.7 cm³/mol. The van der Waals surface area contributed by atoms with Crippen molar-refractivity contribution in [3.8, 4) is 0 Å². The van der Waals surface area contributed by atoms with Crippen molar-refractivity contribution in [2.24, 2.45) is 0 Å². The van der Waals surface area contributed by atoms with Crippen LogP contribution in [0.4, 0.5) is 0 Å². The van der Waals surface area contributed by atoms with Crippen molar-refractivity contribution >= 4 is 58.2 Å². The van der Waals surface area contributed by atoms with E-state index >= 15 is 0 Å². The quantitative estimate of drug-likeness (QED) is 0.444. The maximum absolute atomic E-state index is 8.40. The van der Waals surface area contributed by atoms with Crippen LogP contribution in [0.2, 0.25) is 0 Å². The van der Waals surface area contributed by atoms with Gasteiger partial charge in [0.2, 0.25) is 0 Å². The molecule has 0 N–H and O–H groups in total. The van der Waals surface area contributed by atoms with Gasteiger partial charge in [-0.05, 0) is 0 Å². The van der Waals surface area contributed by atoms with Crippen LogP contribution in [-0.2, 0) is 8.92 Å². The molecule has 0 rings (SSSR count). The molecular formula is H2BaO2Si. The SMILES string of the molecule is O=[Si]=O.[BaH2]. The van der Waals surface area contributed by atoms with Crippen molar-refractivity contribution in [3.05, 3.63) is 0 Å². The fraction of sp³-hybridized carbons (Fsp3) is 0. The van der Waals surface area contributed by atoms with E-state index in [0.717, 1.165) is 0 Å². The summed E-state index contributed by atoms with van der Waals surface area (Å²) in [7, 11) is -1.42. The summed E-state index contributed by atoms with van der Waals surface area (Å²) < 4.78 is 16.8. The molecule has 20 valence electrons. The van der Waals surface area contributed by atoms with E-state index in [0.29, 0.717) is 0 Å². The normalized spacial score (nSPS) is 2.00. The first-order valence-electron chi connectivity index (χ1n) is 0.408. The molecule has 0 aliphatic carbocycles. The Labute approximate surface area is 66.0 Å². The summed E-state index contributed by atoms with van der Waals surface area (Å²) in [4.78, 5) is 0. The van der Waals surface area contributed by atoms with Gasteiger partial charge in [-0.25, -0.2) is 0 Å². The zero-order valence-corrected chi connectivity index (χ0v) is 2.32. The van der Waals surface area contributed by atoms with E-state index in [1.807, 2.05) is 0 Å². The first kappa shape index (κ1) is 9.04. The van der Waals surface area contributed by atoms with E-state index in [-0.39, 0.29) is 48.9 Å². The van der Waals surface area contributed by atoms with Gasteiger partial charge in [-0.15, -0.1) is 0 Å². The summed E-state index contributed by atoms with van der Waals surface area (Å²) >= 11 is 0. The third kappa shape index (κ3) is 10.0. The van der Waals surface area contributed by atoms with E-state index in [1.165, 1.54) is 0 Å². The van der Waals surface area contributed by atoms with Gasteiger partial charge in [0.25, 0.3) is 0 Å². The van der Waals surface area contributed by atoms with Gasteiger partial charge in [-0.2, -0.15) is 0 Å². The molecule has 0 aliphatic rings. The molecule has 0 aromatic rings. The average molecular weight is 199 g/mol. The molecule has 0 atom stereocenters. The Morgan fingerprint density at radius 1 is 1.25 bits per heavy atom. The van der Waals surface area contributed by atoms with Gasteiger partial charge in [0, 0.05) is 0 Å². The Morgan fingerprint density at radius 2 is 1.25 bits per heavy atom. The molecule has 0 radical (unpaired) electrons. The molecule has 0 heterocycles. The second-order valence-corrected chi connectivity index (χ2v) is 0.250. The molecule has 0 fully saturated rings. The zero-order valence-electron chi connectivity index (χ0n) is 1.32. The Kier molecular flexibility index (Phi) is 20.0. The van der Waals surface area contributed by atoms with E-state index < -0.39 is 9.29 Å². The summed E-state index contributed by atoms with van der Waals surface area (Å²) in [5.74, 6) is 0. The third-order valence-electron chi connectivity index (χ3n) is 0. The molecule has 4 heteroatoms. The van der Waals surface area contributed by atoms with Gasteiger partial charge in [-0.1, -0.05) is 0 Å². The van der Waals surface area contributed by atoms with Crippen LogP contribution in [0.15, 0.2) is 0 Å². The zero-order chi connectivity index (χ0) is 2.71. The molecule has 0 unspecified atom stereocenters. The second kappa shape index (κ2) is 8.83. The topological polar surface area (TPSA) is 34.1 Å². The molecule has 0 saturated heterocycles. The minimum absolute atomic E-state index is 0. The van der Waals surface area contributed by atoms with Crippen LogP contribution in [0.1, 0.15) is 0 Å². The Bertz CT molecular complexity index is 27.0. The van der Waals surface area contributed by atoms with E-state index in [4.69, 9.17) is 8.92 Å². The van der Waals surface area contributed by atoms with Crippen LogP contribution in [0.25, 0.3) is 0 Å². The van der Waals surface area contributed by atoms with Crippen molar-refractivity contribution in [2.75, 3.05) is 0 Å². The van der Waals surface area contributed by atoms with Crippen molar-refractivity contribution < 1.29 is 8.92 Å². The molecule has 2 nitrogen and oxygen atoms in total. The third-order valence-corrected chi connectivity index (χ3v) is 0. The van der Waals surface area contributed by atoms with Crippen molar-refractivity contribution in [2.45, 2.75) is 0 Å². The molecule has 0 saturated carbocycles. The Hall–Kier alpha value is 1.39. The first-order valence-corrected chi connectivity index (χ1v) is 1.22. The van der Waals surface area contributed by atoms with Crippen LogP contribution in [0.5, 0.6) is 0 Å². The molecule has 0 bridgehead atoms. The molecule has 0 aromatic heterocycles. The van der Waals surface area contributed by atoms with Gasteiger partial charge in [-0.3, -0.25) is 8.92 Å². The van der Waals surface area contributed by atoms with Gasteiger partial charge in [0.1, 0.15) is 0 Å².